The predicted molar refractivity (Wildman–Crippen MR) is 38.2 cm³/mol. The second-order valence-corrected chi connectivity index (χ2v) is 2.60. The van der Waals surface area contributed by atoms with Crippen molar-refractivity contribution in [1.82, 2.24) is 5.48 Å². The molecule has 0 spiro atoms. The first-order valence-corrected chi connectivity index (χ1v) is 3.62. The maximum absolute atomic E-state index is 4.94. The van der Waals surface area contributed by atoms with Crippen LogP contribution >= 0.6 is 11.3 Å². The first kappa shape index (κ1) is 6.74. The third-order valence-electron chi connectivity index (χ3n) is 0.939. The van der Waals surface area contributed by atoms with Gasteiger partial charge in [0, 0.05) is 11.9 Å². The molecule has 0 bridgehead atoms. The lowest BCUT2D eigenvalue weighted by Crippen LogP contribution is -2.05. The molecular formula is C6H9NOS. The first-order chi connectivity index (χ1) is 4.43. The van der Waals surface area contributed by atoms with E-state index in [1.54, 1.807) is 18.4 Å². The normalized spacial score (nSPS) is 9.89. The molecular weight excluding hydrogens is 134 g/mol. The summed E-state index contributed by atoms with van der Waals surface area (Å²) in [7, 11) is 1.76. The van der Waals surface area contributed by atoms with Crippen molar-refractivity contribution in [2.75, 3.05) is 7.05 Å². The average molecular weight is 143 g/mol. The summed E-state index contributed by atoms with van der Waals surface area (Å²) < 4.78 is 0. The van der Waals surface area contributed by atoms with Gasteiger partial charge in [-0.15, -0.1) is 11.3 Å². The molecule has 0 aliphatic carbocycles. The highest BCUT2D eigenvalue weighted by atomic mass is 32.1. The molecule has 0 fully saturated rings. The molecule has 9 heavy (non-hydrogen) atoms. The minimum atomic E-state index is 0.661. The molecule has 50 valence electrons. The summed E-state index contributed by atoms with van der Waals surface area (Å²) in [6.45, 7) is 0.661. The van der Waals surface area contributed by atoms with Crippen LogP contribution in [-0.2, 0) is 11.4 Å². The van der Waals surface area contributed by atoms with Crippen molar-refractivity contribution < 1.29 is 4.84 Å². The fourth-order valence-corrected chi connectivity index (χ4v) is 1.15. The zero-order valence-corrected chi connectivity index (χ0v) is 6.07. The Hall–Kier alpha value is -0.380. The highest BCUT2D eigenvalue weighted by Gasteiger charge is 1.89. The Labute approximate surface area is 58.4 Å². The van der Waals surface area contributed by atoms with E-state index in [2.05, 4.69) is 5.48 Å². The van der Waals surface area contributed by atoms with Crippen LogP contribution in [0.1, 0.15) is 4.88 Å². The van der Waals surface area contributed by atoms with Gasteiger partial charge >= 0.3 is 0 Å². The minimum absolute atomic E-state index is 0.661. The lowest BCUT2D eigenvalue weighted by Gasteiger charge is -1.95. The smallest absolute Gasteiger partial charge is 0.102 e. The molecule has 2 nitrogen and oxygen atoms in total. The Kier molecular flexibility index (Phi) is 2.70. The lowest BCUT2D eigenvalue weighted by molar-refractivity contribution is 0.0461. The zero-order valence-electron chi connectivity index (χ0n) is 5.26. The van der Waals surface area contributed by atoms with E-state index in [1.165, 1.54) is 4.88 Å². The molecule has 0 aromatic carbocycles. The van der Waals surface area contributed by atoms with Gasteiger partial charge in [0.1, 0.15) is 6.61 Å². The Balaban J connectivity index is 2.30. The molecule has 3 heteroatoms. The molecule has 0 atom stereocenters. The molecule has 1 N–H and O–H groups in total. The summed E-state index contributed by atoms with van der Waals surface area (Å²) in [6.07, 6.45) is 0. The SMILES string of the molecule is CNOCc1cccs1. The van der Waals surface area contributed by atoms with Crippen molar-refractivity contribution in [3.8, 4) is 0 Å². The van der Waals surface area contributed by atoms with Gasteiger partial charge in [0.15, 0.2) is 0 Å². The lowest BCUT2D eigenvalue weighted by atomic mass is 10.5. The fourth-order valence-electron chi connectivity index (χ4n) is 0.538. The van der Waals surface area contributed by atoms with Crippen LogP contribution in [0.3, 0.4) is 0 Å². The van der Waals surface area contributed by atoms with E-state index < -0.39 is 0 Å². The quantitative estimate of drug-likeness (QED) is 0.646. The number of thiophene rings is 1. The van der Waals surface area contributed by atoms with E-state index in [9.17, 15) is 0 Å². The Morgan fingerprint density at radius 2 is 2.67 bits per heavy atom. The van der Waals surface area contributed by atoms with E-state index in [1.807, 2.05) is 17.5 Å². The Morgan fingerprint density at radius 3 is 3.22 bits per heavy atom. The summed E-state index contributed by atoms with van der Waals surface area (Å²) in [5.74, 6) is 0. The number of hydroxylamine groups is 1. The molecule has 0 radical (unpaired) electrons. The third kappa shape index (κ3) is 2.13. The predicted octanol–water partition coefficient (Wildman–Crippen LogP) is 1.40. The molecule has 1 rings (SSSR count). The molecule has 0 saturated heterocycles. The van der Waals surface area contributed by atoms with Crippen molar-refractivity contribution in [3.05, 3.63) is 22.4 Å². The highest BCUT2D eigenvalue weighted by molar-refractivity contribution is 7.09. The van der Waals surface area contributed by atoms with Crippen LogP contribution in [0.5, 0.6) is 0 Å². The summed E-state index contributed by atoms with van der Waals surface area (Å²) in [4.78, 5) is 6.18. The van der Waals surface area contributed by atoms with E-state index in [0.717, 1.165) is 0 Å². The van der Waals surface area contributed by atoms with Crippen LogP contribution in [0.15, 0.2) is 17.5 Å². The number of nitrogens with one attached hydrogen (secondary N) is 1. The van der Waals surface area contributed by atoms with Gasteiger partial charge in [0.2, 0.25) is 0 Å². The van der Waals surface area contributed by atoms with Crippen molar-refractivity contribution in [3.63, 3.8) is 0 Å². The zero-order chi connectivity index (χ0) is 6.53. The second-order valence-electron chi connectivity index (χ2n) is 1.57. The number of hydrogen-bond donors (Lipinski definition) is 1. The first-order valence-electron chi connectivity index (χ1n) is 2.74. The van der Waals surface area contributed by atoms with Gasteiger partial charge in [-0.2, -0.15) is 0 Å². The summed E-state index contributed by atoms with van der Waals surface area (Å²) in [5.41, 5.74) is 2.61. The van der Waals surface area contributed by atoms with E-state index in [4.69, 9.17) is 4.84 Å². The van der Waals surface area contributed by atoms with Gasteiger partial charge in [-0.25, -0.2) is 5.48 Å². The molecule has 1 aromatic rings. The van der Waals surface area contributed by atoms with Crippen LogP contribution < -0.4 is 5.48 Å². The monoisotopic (exact) mass is 143 g/mol. The summed E-state index contributed by atoms with van der Waals surface area (Å²) >= 11 is 1.70. The summed E-state index contributed by atoms with van der Waals surface area (Å²) in [5, 5.41) is 2.04. The number of rotatable bonds is 3. The largest absolute Gasteiger partial charge is 0.296 e. The van der Waals surface area contributed by atoms with Crippen LogP contribution in [0.25, 0.3) is 0 Å². The van der Waals surface area contributed by atoms with Crippen LogP contribution in [0.4, 0.5) is 0 Å². The van der Waals surface area contributed by atoms with Gasteiger partial charge in [0.05, 0.1) is 0 Å². The van der Waals surface area contributed by atoms with Gasteiger partial charge < -0.3 is 0 Å². The van der Waals surface area contributed by atoms with Crippen molar-refractivity contribution in [1.29, 1.82) is 0 Å². The maximum atomic E-state index is 4.94. The van der Waals surface area contributed by atoms with Crippen LogP contribution in [-0.4, -0.2) is 7.05 Å². The summed E-state index contributed by atoms with van der Waals surface area (Å²) in [6, 6.07) is 4.06. The molecule has 0 unspecified atom stereocenters. The third-order valence-corrected chi connectivity index (χ3v) is 1.79. The van der Waals surface area contributed by atoms with Crippen molar-refractivity contribution >= 4 is 11.3 Å². The Morgan fingerprint density at radius 1 is 1.78 bits per heavy atom. The van der Waals surface area contributed by atoms with Gasteiger partial charge in [-0.1, -0.05) is 6.07 Å². The molecule has 1 heterocycles. The molecule has 0 amide bonds. The van der Waals surface area contributed by atoms with E-state index in [-0.39, 0.29) is 0 Å². The van der Waals surface area contributed by atoms with Crippen molar-refractivity contribution in [2.24, 2.45) is 0 Å². The molecule has 1 aromatic heterocycles. The topological polar surface area (TPSA) is 21.3 Å². The van der Waals surface area contributed by atoms with Gasteiger partial charge in [0.25, 0.3) is 0 Å². The van der Waals surface area contributed by atoms with Crippen LogP contribution in [0.2, 0.25) is 0 Å². The average Bonchev–Trinajstić information content (AvgIpc) is 2.34. The fraction of sp³-hybridized carbons (Fsp3) is 0.333. The molecule has 0 aliphatic rings. The highest BCUT2D eigenvalue weighted by Crippen LogP contribution is 2.08. The van der Waals surface area contributed by atoms with E-state index >= 15 is 0 Å². The van der Waals surface area contributed by atoms with Gasteiger partial charge in [-0.05, 0) is 11.4 Å². The molecule has 0 aliphatic heterocycles. The van der Waals surface area contributed by atoms with Gasteiger partial charge in [-0.3, -0.25) is 4.84 Å². The molecule has 0 saturated carbocycles. The van der Waals surface area contributed by atoms with Crippen LogP contribution in [0, 0.1) is 0 Å². The second kappa shape index (κ2) is 3.61. The minimum Gasteiger partial charge on any atom is -0.296 e. The number of hydrogen-bond acceptors (Lipinski definition) is 3. The van der Waals surface area contributed by atoms with E-state index in [0.29, 0.717) is 6.61 Å². The van der Waals surface area contributed by atoms with Crippen molar-refractivity contribution in [2.45, 2.75) is 6.61 Å². The standard InChI is InChI=1S/C6H9NOS/c1-7-8-5-6-3-2-4-9-6/h2-4,7H,5H2,1H3. The Bertz CT molecular complexity index is 150. The maximum Gasteiger partial charge on any atom is 0.102 e.